The van der Waals surface area contributed by atoms with Crippen LogP contribution >= 0.6 is 0 Å². The zero-order valence-corrected chi connectivity index (χ0v) is 14.0. The highest BCUT2D eigenvalue weighted by atomic mass is 19.4. The van der Waals surface area contributed by atoms with Gasteiger partial charge in [0.15, 0.2) is 5.78 Å². The minimum atomic E-state index is -4.43. The normalized spacial score (nSPS) is 11.6. The number of benzene rings is 2. The maximum atomic E-state index is 12.7. The van der Waals surface area contributed by atoms with E-state index in [-0.39, 0.29) is 11.1 Å². The fraction of sp³-hybridized carbons (Fsp3) is 0.211. The molecule has 0 spiro atoms. The molecular weight excluding hydrogens is 333 g/mol. The molecule has 0 unspecified atom stereocenters. The van der Waals surface area contributed by atoms with Crippen molar-refractivity contribution in [3.05, 3.63) is 64.7 Å². The Morgan fingerprint density at radius 1 is 1.04 bits per heavy atom. The summed E-state index contributed by atoms with van der Waals surface area (Å²) in [6.07, 6.45) is -1.90. The van der Waals surface area contributed by atoms with Crippen LogP contribution in [0, 0.1) is 6.92 Å². The Bertz CT molecular complexity index is 783. The highest BCUT2D eigenvalue weighted by molar-refractivity contribution is 6.10. The molecule has 0 bridgehead atoms. The van der Waals surface area contributed by atoms with E-state index in [0.717, 1.165) is 17.7 Å². The molecule has 0 saturated heterocycles. The van der Waals surface area contributed by atoms with Gasteiger partial charge in [-0.05, 0) is 48.4 Å². The Kier molecular flexibility index (Phi) is 5.51. The number of rotatable bonds is 5. The maximum Gasteiger partial charge on any atom is 0.416 e. The van der Waals surface area contributed by atoms with E-state index >= 15 is 0 Å². The molecule has 0 aliphatic carbocycles. The average Bonchev–Trinajstić information content (AvgIpc) is 2.58. The van der Waals surface area contributed by atoms with Gasteiger partial charge in [-0.25, -0.2) is 0 Å². The van der Waals surface area contributed by atoms with Crippen molar-refractivity contribution in [2.75, 3.05) is 14.2 Å². The van der Waals surface area contributed by atoms with E-state index in [0.29, 0.717) is 11.5 Å². The lowest BCUT2D eigenvalue weighted by atomic mass is 10.0. The molecule has 2 aromatic carbocycles. The number of alkyl halides is 3. The number of halogens is 3. The number of ketones is 1. The monoisotopic (exact) mass is 350 g/mol. The molecule has 0 heterocycles. The van der Waals surface area contributed by atoms with Gasteiger partial charge >= 0.3 is 6.18 Å². The van der Waals surface area contributed by atoms with E-state index in [1.807, 2.05) is 6.92 Å². The van der Waals surface area contributed by atoms with Crippen LogP contribution in [0.4, 0.5) is 13.2 Å². The minimum absolute atomic E-state index is 0.221. The van der Waals surface area contributed by atoms with E-state index in [4.69, 9.17) is 9.47 Å². The van der Waals surface area contributed by atoms with Crippen molar-refractivity contribution in [2.24, 2.45) is 0 Å². The van der Waals surface area contributed by atoms with Crippen molar-refractivity contribution in [3.8, 4) is 11.5 Å². The second kappa shape index (κ2) is 7.42. The standard InChI is InChI=1S/C19H17F3O3/c1-12-9-16(24-2)18(17(10-12)25-3)15(23)8-7-13-5-4-6-14(11-13)19(20,21)22/h4-11H,1-3H3/b8-7+. The fourth-order valence-electron chi connectivity index (χ4n) is 2.36. The first kappa shape index (κ1) is 18.6. The number of methoxy groups -OCH3 is 2. The maximum absolute atomic E-state index is 12.7. The van der Waals surface area contributed by atoms with Crippen LogP contribution in [-0.4, -0.2) is 20.0 Å². The van der Waals surface area contributed by atoms with Gasteiger partial charge in [-0.1, -0.05) is 18.2 Å². The SMILES string of the molecule is COc1cc(C)cc(OC)c1C(=O)/C=C/c1cccc(C(F)(F)F)c1. The van der Waals surface area contributed by atoms with Crippen LogP contribution in [0.5, 0.6) is 11.5 Å². The summed E-state index contributed by atoms with van der Waals surface area (Å²) < 4.78 is 48.7. The second-order valence-electron chi connectivity index (χ2n) is 5.37. The van der Waals surface area contributed by atoms with Crippen LogP contribution in [-0.2, 0) is 6.18 Å². The summed E-state index contributed by atoms with van der Waals surface area (Å²) in [5.74, 6) is 0.261. The van der Waals surface area contributed by atoms with Crippen LogP contribution in [0.15, 0.2) is 42.5 Å². The molecule has 0 fully saturated rings. The van der Waals surface area contributed by atoms with Crippen molar-refractivity contribution >= 4 is 11.9 Å². The first-order valence-electron chi connectivity index (χ1n) is 7.38. The van der Waals surface area contributed by atoms with E-state index in [1.165, 1.54) is 38.5 Å². The summed E-state index contributed by atoms with van der Waals surface area (Å²) in [6, 6.07) is 8.11. The quantitative estimate of drug-likeness (QED) is 0.567. The Balaban J connectivity index is 2.36. The van der Waals surface area contributed by atoms with Gasteiger partial charge in [-0.2, -0.15) is 13.2 Å². The van der Waals surface area contributed by atoms with Gasteiger partial charge in [0.1, 0.15) is 17.1 Å². The fourth-order valence-corrected chi connectivity index (χ4v) is 2.36. The molecule has 0 N–H and O–H groups in total. The van der Waals surface area contributed by atoms with Gasteiger partial charge in [0.25, 0.3) is 0 Å². The molecular formula is C19H17F3O3. The van der Waals surface area contributed by atoms with Crippen LogP contribution in [0.1, 0.15) is 27.0 Å². The molecule has 0 aliphatic heterocycles. The summed E-state index contributed by atoms with van der Waals surface area (Å²) in [6.45, 7) is 1.83. The molecule has 6 heteroatoms. The number of ether oxygens (including phenoxy) is 2. The third-order valence-electron chi connectivity index (χ3n) is 3.54. The topological polar surface area (TPSA) is 35.5 Å². The smallest absolute Gasteiger partial charge is 0.416 e. The largest absolute Gasteiger partial charge is 0.496 e. The predicted octanol–water partition coefficient (Wildman–Crippen LogP) is 4.93. The van der Waals surface area contributed by atoms with Gasteiger partial charge in [-0.15, -0.1) is 0 Å². The third kappa shape index (κ3) is 4.41. The van der Waals surface area contributed by atoms with Crippen molar-refractivity contribution < 1.29 is 27.4 Å². The molecule has 2 rings (SSSR count). The van der Waals surface area contributed by atoms with E-state index in [1.54, 1.807) is 12.1 Å². The number of aryl methyl sites for hydroxylation is 1. The molecule has 0 amide bonds. The molecule has 0 saturated carbocycles. The zero-order valence-electron chi connectivity index (χ0n) is 14.0. The molecule has 0 atom stereocenters. The van der Waals surface area contributed by atoms with Gasteiger partial charge in [0.05, 0.1) is 19.8 Å². The Hall–Kier alpha value is -2.76. The van der Waals surface area contributed by atoms with Crippen LogP contribution < -0.4 is 9.47 Å². The summed E-state index contributed by atoms with van der Waals surface area (Å²) in [5, 5.41) is 0. The number of hydrogen-bond donors (Lipinski definition) is 0. The lowest BCUT2D eigenvalue weighted by Crippen LogP contribution is -2.05. The molecule has 132 valence electrons. The first-order chi connectivity index (χ1) is 11.8. The lowest BCUT2D eigenvalue weighted by molar-refractivity contribution is -0.137. The number of carbonyl (C=O) groups is 1. The second-order valence-corrected chi connectivity index (χ2v) is 5.37. The zero-order chi connectivity index (χ0) is 18.6. The molecule has 0 aliphatic rings. The van der Waals surface area contributed by atoms with Crippen molar-refractivity contribution in [3.63, 3.8) is 0 Å². The lowest BCUT2D eigenvalue weighted by Gasteiger charge is -2.12. The Labute approximate surface area is 143 Å². The van der Waals surface area contributed by atoms with Crippen LogP contribution in [0.25, 0.3) is 6.08 Å². The van der Waals surface area contributed by atoms with Crippen molar-refractivity contribution in [1.29, 1.82) is 0 Å². The summed E-state index contributed by atoms with van der Waals surface area (Å²) >= 11 is 0. The molecule has 2 aromatic rings. The highest BCUT2D eigenvalue weighted by Gasteiger charge is 2.30. The van der Waals surface area contributed by atoms with E-state index in [2.05, 4.69) is 0 Å². The van der Waals surface area contributed by atoms with E-state index in [9.17, 15) is 18.0 Å². The molecule has 0 radical (unpaired) electrons. The number of hydrogen-bond acceptors (Lipinski definition) is 3. The van der Waals surface area contributed by atoms with Crippen molar-refractivity contribution in [1.82, 2.24) is 0 Å². The summed E-state index contributed by atoms with van der Waals surface area (Å²) in [7, 11) is 2.86. The predicted molar refractivity (Wildman–Crippen MR) is 89.1 cm³/mol. The molecule has 25 heavy (non-hydrogen) atoms. The van der Waals surface area contributed by atoms with Crippen LogP contribution in [0.3, 0.4) is 0 Å². The van der Waals surface area contributed by atoms with Gasteiger partial charge in [0.2, 0.25) is 0 Å². The van der Waals surface area contributed by atoms with Gasteiger partial charge in [0, 0.05) is 0 Å². The third-order valence-corrected chi connectivity index (χ3v) is 3.54. The van der Waals surface area contributed by atoms with Crippen molar-refractivity contribution in [2.45, 2.75) is 13.1 Å². The number of allylic oxidation sites excluding steroid dienone is 1. The van der Waals surface area contributed by atoms with Gasteiger partial charge in [-0.3, -0.25) is 4.79 Å². The minimum Gasteiger partial charge on any atom is -0.496 e. The Morgan fingerprint density at radius 3 is 2.16 bits per heavy atom. The average molecular weight is 350 g/mol. The number of carbonyl (C=O) groups excluding carboxylic acids is 1. The highest BCUT2D eigenvalue weighted by Crippen LogP contribution is 2.32. The molecule has 0 aromatic heterocycles. The van der Waals surface area contributed by atoms with E-state index < -0.39 is 17.5 Å². The first-order valence-corrected chi connectivity index (χ1v) is 7.38. The summed E-state index contributed by atoms with van der Waals surface area (Å²) in [4.78, 5) is 12.5. The van der Waals surface area contributed by atoms with Gasteiger partial charge < -0.3 is 9.47 Å². The summed E-state index contributed by atoms with van der Waals surface area (Å²) in [5.41, 5.74) is 0.576. The Morgan fingerprint density at radius 2 is 1.64 bits per heavy atom. The van der Waals surface area contributed by atoms with Crippen LogP contribution in [0.2, 0.25) is 0 Å². The molecule has 3 nitrogen and oxygen atoms in total.